The molecule has 102 valence electrons. The van der Waals surface area contributed by atoms with Gasteiger partial charge in [0.05, 0.1) is 5.69 Å². The summed E-state index contributed by atoms with van der Waals surface area (Å²) in [5, 5.41) is 1.17. The molecule has 1 aliphatic rings. The number of thiazole rings is 1. The van der Waals surface area contributed by atoms with E-state index in [9.17, 15) is 0 Å². The van der Waals surface area contributed by atoms with Crippen molar-refractivity contribution in [3.05, 3.63) is 15.6 Å². The Bertz CT molecular complexity index is 383. The summed E-state index contributed by atoms with van der Waals surface area (Å²) in [5.74, 6) is 0. The van der Waals surface area contributed by atoms with E-state index in [2.05, 4.69) is 13.8 Å². The normalized spacial score (nSPS) is 18.4. The Morgan fingerprint density at radius 2 is 2.06 bits per heavy atom. The first kappa shape index (κ1) is 14.0. The molecule has 1 fully saturated rings. The van der Waals surface area contributed by atoms with Crippen LogP contribution >= 0.6 is 11.3 Å². The fourth-order valence-electron chi connectivity index (χ4n) is 2.81. The van der Waals surface area contributed by atoms with Crippen LogP contribution in [0.5, 0.6) is 0 Å². The molecule has 1 heterocycles. The van der Waals surface area contributed by atoms with E-state index < -0.39 is 0 Å². The second-order valence-electron chi connectivity index (χ2n) is 4.98. The molecule has 3 nitrogen and oxygen atoms in total. The lowest BCUT2D eigenvalue weighted by molar-refractivity contribution is -0.0392. The van der Waals surface area contributed by atoms with Gasteiger partial charge in [-0.15, -0.1) is 11.3 Å². The third-order valence-corrected chi connectivity index (χ3v) is 4.98. The largest absolute Gasteiger partial charge is 0.368 e. The molecule has 0 atom stereocenters. The fraction of sp³-hybridized carbons (Fsp3) is 0.786. The smallest absolute Gasteiger partial charge is 0.125 e. The Balaban J connectivity index is 2.30. The number of nitrogens with zero attached hydrogens (tertiary/aromatic N) is 1. The molecule has 1 aromatic rings. The molecule has 0 spiro atoms. The lowest BCUT2D eigenvalue weighted by Crippen LogP contribution is -2.26. The number of rotatable bonds is 6. The van der Waals surface area contributed by atoms with E-state index in [4.69, 9.17) is 15.5 Å². The second-order valence-corrected chi connectivity index (χ2v) is 6.06. The van der Waals surface area contributed by atoms with E-state index in [1.54, 1.807) is 11.3 Å². The third-order valence-electron chi connectivity index (χ3n) is 3.67. The van der Waals surface area contributed by atoms with Crippen LogP contribution in [0.3, 0.4) is 0 Å². The van der Waals surface area contributed by atoms with E-state index in [0.717, 1.165) is 32.3 Å². The first-order valence-electron chi connectivity index (χ1n) is 7.08. The van der Waals surface area contributed by atoms with Crippen molar-refractivity contribution in [2.24, 2.45) is 5.73 Å². The Morgan fingerprint density at radius 1 is 1.33 bits per heavy atom. The van der Waals surface area contributed by atoms with Gasteiger partial charge in [0.25, 0.3) is 0 Å². The van der Waals surface area contributed by atoms with Crippen LogP contribution in [0.4, 0.5) is 0 Å². The number of hydrogen-bond acceptors (Lipinski definition) is 4. The maximum absolute atomic E-state index is 6.07. The summed E-state index contributed by atoms with van der Waals surface area (Å²) in [4.78, 5) is 6.11. The van der Waals surface area contributed by atoms with Crippen molar-refractivity contribution in [1.82, 2.24) is 4.98 Å². The minimum atomic E-state index is -0.102. The molecule has 1 aromatic heterocycles. The van der Waals surface area contributed by atoms with Gasteiger partial charge in [-0.05, 0) is 26.2 Å². The standard InChI is InChI=1S/C14H24N2OS/c1-3-7-11-12(10-15)18-13(16-11)14(17-4-2)8-5-6-9-14/h3-10,15H2,1-2H3. The van der Waals surface area contributed by atoms with Crippen LogP contribution < -0.4 is 5.73 Å². The summed E-state index contributed by atoms with van der Waals surface area (Å²) in [5.41, 5.74) is 6.94. The van der Waals surface area contributed by atoms with Crippen molar-refractivity contribution >= 4 is 11.3 Å². The molecule has 0 bridgehead atoms. The zero-order valence-corrected chi connectivity index (χ0v) is 12.3. The molecule has 0 saturated heterocycles. The van der Waals surface area contributed by atoms with Crippen LogP contribution in [0.2, 0.25) is 0 Å². The summed E-state index contributed by atoms with van der Waals surface area (Å²) >= 11 is 1.77. The molecule has 0 aromatic carbocycles. The summed E-state index contributed by atoms with van der Waals surface area (Å²) < 4.78 is 6.07. The quantitative estimate of drug-likeness (QED) is 0.860. The molecule has 0 aliphatic heterocycles. The average molecular weight is 268 g/mol. The van der Waals surface area contributed by atoms with Gasteiger partial charge in [0.1, 0.15) is 10.6 Å². The number of aryl methyl sites for hydroxylation is 1. The van der Waals surface area contributed by atoms with Crippen molar-refractivity contribution in [1.29, 1.82) is 0 Å². The monoisotopic (exact) mass is 268 g/mol. The zero-order chi connectivity index (χ0) is 13.0. The van der Waals surface area contributed by atoms with E-state index in [1.807, 2.05) is 0 Å². The zero-order valence-electron chi connectivity index (χ0n) is 11.5. The molecule has 0 unspecified atom stereocenters. The number of aromatic nitrogens is 1. The summed E-state index contributed by atoms with van der Waals surface area (Å²) in [6.45, 7) is 5.63. The van der Waals surface area contributed by atoms with Crippen LogP contribution in [-0.4, -0.2) is 11.6 Å². The Kier molecular flexibility index (Phi) is 4.76. The molecule has 1 saturated carbocycles. The van der Waals surface area contributed by atoms with Crippen LogP contribution in [-0.2, 0) is 23.3 Å². The fourth-order valence-corrected chi connectivity index (χ4v) is 4.00. The number of ether oxygens (including phenoxy) is 1. The average Bonchev–Trinajstić information content (AvgIpc) is 2.97. The highest BCUT2D eigenvalue weighted by molar-refractivity contribution is 7.11. The minimum absolute atomic E-state index is 0.102. The third kappa shape index (κ3) is 2.60. The Hall–Kier alpha value is -0.450. The van der Waals surface area contributed by atoms with Gasteiger partial charge in [-0.1, -0.05) is 26.2 Å². The van der Waals surface area contributed by atoms with Crippen LogP contribution in [0.1, 0.15) is 61.5 Å². The molecule has 18 heavy (non-hydrogen) atoms. The van der Waals surface area contributed by atoms with E-state index >= 15 is 0 Å². The predicted octanol–water partition coefficient (Wildman–Crippen LogP) is 3.36. The van der Waals surface area contributed by atoms with E-state index in [0.29, 0.717) is 6.54 Å². The molecular weight excluding hydrogens is 244 g/mol. The summed E-state index contributed by atoms with van der Waals surface area (Å²) in [7, 11) is 0. The maximum atomic E-state index is 6.07. The highest BCUT2D eigenvalue weighted by Crippen LogP contribution is 2.44. The molecule has 0 radical (unpaired) electrons. The molecular formula is C14H24N2OS. The van der Waals surface area contributed by atoms with E-state index in [-0.39, 0.29) is 5.60 Å². The number of hydrogen-bond donors (Lipinski definition) is 1. The summed E-state index contributed by atoms with van der Waals surface area (Å²) in [6, 6.07) is 0. The van der Waals surface area contributed by atoms with Gasteiger partial charge in [0.2, 0.25) is 0 Å². The van der Waals surface area contributed by atoms with Gasteiger partial charge in [0, 0.05) is 18.0 Å². The minimum Gasteiger partial charge on any atom is -0.368 e. The van der Waals surface area contributed by atoms with Gasteiger partial charge in [-0.2, -0.15) is 0 Å². The Labute approximate surface area is 114 Å². The van der Waals surface area contributed by atoms with Crippen molar-refractivity contribution in [2.75, 3.05) is 6.61 Å². The molecule has 1 aliphatic carbocycles. The lowest BCUT2D eigenvalue weighted by atomic mass is 10.0. The highest BCUT2D eigenvalue weighted by atomic mass is 32.1. The van der Waals surface area contributed by atoms with Crippen molar-refractivity contribution in [3.8, 4) is 0 Å². The van der Waals surface area contributed by atoms with Gasteiger partial charge in [-0.25, -0.2) is 4.98 Å². The van der Waals surface area contributed by atoms with Crippen LogP contribution in [0.25, 0.3) is 0 Å². The van der Waals surface area contributed by atoms with Gasteiger partial charge in [-0.3, -0.25) is 0 Å². The first-order chi connectivity index (χ1) is 8.75. The van der Waals surface area contributed by atoms with Gasteiger partial charge >= 0.3 is 0 Å². The maximum Gasteiger partial charge on any atom is 0.125 e. The predicted molar refractivity (Wildman–Crippen MR) is 75.8 cm³/mol. The lowest BCUT2D eigenvalue weighted by Gasteiger charge is -2.26. The molecule has 0 amide bonds. The van der Waals surface area contributed by atoms with Crippen molar-refractivity contribution in [3.63, 3.8) is 0 Å². The van der Waals surface area contributed by atoms with Crippen molar-refractivity contribution in [2.45, 2.75) is 64.5 Å². The topological polar surface area (TPSA) is 48.1 Å². The van der Waals surface area contributed by atoms with Crippen LogP contribution in [0.15, 0.2) is 0 Å². The molecule has 4 heteroatoms. The first-order valence-corrected chi connectivity index (χ1v) is 7.90. The Morgan fingerprint density at radius 3 is 2.61 bits per heavy atom. The second kappa shape index (κ2) is 6.13. The SMILES string of the molecule is CCCc1nc(C2(OCC)CCCC2)sc1CN. The number of nitrogens with two attached hydrogens (primary N) is 1. The van der Waals surface area contributed by atoms with Crippen molar-refractivity contribution < 1.29 is 4.74 Å². The van der Waals surface area contributed by atoms with E-state index in [1.165, 1.54) is 28.4 Å². The van der Waals surface area contributed by atoms with Gasteiger partial charge in [0.15, 0.2) is 0 Å². The summed E-state index contributed by atoms with van der Waals surface area (Å²) in [6.07, 6.45) is 6.89. The van der Waals surface area contributed by atoms with Crippen LogP contribution in [0, 0.1) is 0 Å². The highest BCUT2D eigenvalue weighted by Gasteiger charge is 2.39. The molecule has 2 N–H and O–H groups in total. The molecule has 2 rings (SSSR count). The van der Waals surface area contributed by atoms with Gasteiger partial charge < -0.3 is 10.5 Å².